The van der Waals surface area contributed by atoms with Gasteiger partial charge in [0.2, 0.25) is 0 Å². The summed E-state index contributed by atoms with van der Waals surface area (Å²) in [6.45, 7) is 0. The predicted molar refractivity (Wildman–Crippen MR) is 87.3 cm³/mol. The molecule has 0 radical (unpaired) electrons. The van der Waals surface area contributed by atoms with E-state index in [0.29, 0.717) is 6.07 Å². The van der Waals surface area contributed by atoms with Crippen molar-refractivity contribution in [2.45, 2.75) is 12.4 Å². The number of hydrogen-bond donors (Lipinski definition) is 0. The molecular formula is C20H12F6. The third-order valence-corrected chi connectivity index (χ3v) is 3.96. The van der Waals surface area contributed by atoms with Crippen LogP contribution in [0.2, 0.25) is 0 Å². The molecule has 3 aromatic rings. The lowest BCUT2D eigenvalue weighted by molar-refractivity contribution is -0.142. The molecule has 0 heterocycles. The Balaban J connectivity index is 2.06. The van der Waals surface area contributed by atoms with Crippen LogP contribution in [0.25, 0.3) is 22.3 Å². The zero-order valence-corrected chi connectivity index (χ0v) is 13.2. The molecule has 0 aliphatic carbocycles. The Morgan fingerprint density at radius 3 is 1.58 bits per heavy atom. The molecule has 0 saturated carbocycles. The highest BCUT2D eigenvalue weighted by atomic mass is 19.4. The predicted octanol–water partition coefficient (Wildman–Crippen LogP) is 7.06. The largest absolute Gasteiger partial charge is 0.417 e. The fraction of sp³-hybridized carbons (Fsp3) is 0.100. The zero-order valence-electron chi connectivity index (χ0n) is 13.2. The molecule has 0 nitrogen and oxygen atoms in total. The molecule has 0 fully saturated rings. The Labute approximate surface area is 145 Å². The second-order valence-electron chi connectivity index (χ2n) is 5.70. The van der Waals surface area contributed by atoms with Gasteiger partial charge in [-0.2, -0.15) is 26.3 Å². The SMILES string of the molecule is FC(F)(F)c1ccc(-c2ccc(-c3ccccc3)cc2)c(C(F)(F)F)c1. The molecule has 0 atom stereocenters. The molecular weight excluding hydrogens is 354 g/mol. The van der Waals surface area contributed by atoms with Gasteiger partial charge in [-0.15, -0.1) is 0 Å². The third-order valence-electron chi connectivity index (χ3n) is 3.96. The maximum absolute atomic E-state index is 13.3. The van der Waals surface area contributed by atoms with E-state index in [1.165, 1.54) is 12.1 Å². The molecule has 134 valence electrons. The summed E-state index contributed by atoms with van der Waals surface area (Å²) in [5.41, 5.74) is -1.03. The smallest absolute Gasteiger partial charge is 0.166 e. The molecule has 0 saturated heterocycles. The van der Waals surface area contributed by atoms with Crippen LogP contribution in [0.4, 0.5) is 26.3 Å². The number of alkyl halides is 6. The normalized spacial score (nSPS) is 12.2. The highest BCUT2D eigenvalue weighted by Crippen LogP contribution is 2.41. The molecule has 3 aromatic carbocycles. The van der Waals surface area contributed by atoms with Crippen LogP contribution >= 0.6 is 0 Å². The van der Waals surface area contributed by atoms with Crippen molar-refractivity contribution in [3.63, 3.8) is 0 Å². The fourth-order valence-electron chi connectivity index (χ4n) is 2.68. The maximum Gasteiger partial charge on any atom is 0.417 e. The minimum absolute atomic E-state index is 0.153. The van der Waals surface area contributed by atoms with Crippen LogP contribution in [0.3, 0.4) is 0 Å². The molecule has 0 aliphatic heterocycles. The summed E-state index contributed by atoms with van der Waals surface area (Å²) < 4.78 is 78.1. The molecule has 0 aromatic heterocycles. The van der Waals surface area contributed by atoms with E-state index in [9.17, 15) is 26.3 Å². The van der Waals surface area contributed by atoms with Crippen molar-refractivity contribution in [3.05, 3.63) is 83.9 Å². The minimum atomic E-state index is -4.89. The van der Waals surface area contributed by atoms with Crippen LogP contribution < -0.4 is 0 Å². The number of halogens is 6. The van der Waals surface area contributed by atoms with Crippen molar-refractivity contribution in [2.24, 2.45) is 0 Å². The minimum Gasteiger partial charge on any atom is -0.166 e. The number of rotatable bonds is 2. The van der Waals surface area contributed by atoms with E-state index in [1.54, 1.807) is 12.1 Å². The fourth-order valence-corrected chi connectivity index (χ4v) is 2.68. The topological polar surface area (TPSA) is 0 Å². The van der Waals surface area contributed by atoms with Gasteiger partial charge in [0, 0.05) is 0 Å². The van der Waals surface area contributed by atoms with Crippen LogP contribution in [0, 0.1) is 0 Å². The molecule has 0 N–H and O–H groups in total. The Bertz CT molecular complexity index is 890. The van der Waals surface area contributed by atoms with Crippen LogP contribution in [-0.4, -0.2) is 0 Å². The Morgan fingerprint density at radius 2 is 1.04 bits per heavy atom. The molecule has 26 heavy (non-hydrogen) atoms. The first-order valence-corrected chi connectivity index (χ1v) is 7.60. The quantitative estimate of drug-likeness (QED) is 0.426. The first kappa shape index (κ1) is 18.0. The van der Waals surface area contributed by atoms with E-state index in [4.69, 9.17) is 0 Å². The van der Waals surface area contributed by atoms with Gasteiger partial charge in [-0.05, 0) is 34.4 Å². The van der Waals surface area contributed by atoms with Gasteiger partial charge in [0.25, 0.3) is 0 Å². The second kappa shape index (κ2) is 6.52. The van der Waals surface area contributed by atoms with E-state index >= 15 is 0 Å². The molecule has 0 spiro atoms. The van der Waals surface area contributed by atoms with Crippen molar-refractivity contribution >= 4 is 0 Å². The van der Waals surface area contributed by atoms with Crippen molar-refractivity contribution in [1.82, 2.24) is 0 Å². The van der Waals surface area contributed by atoms with Gasteiger partial charge in [-0.25, -0.2) is 0 Å². The maximum atomic E-state index is 13.3. The van der Waals surface area contributed by atoms with Crippen molar-refractivity contribution < 1.29 is 26.3 Å². The molecule has 0 amide bonds. The van der Waals surface area contributed by atoms with Crippen molar-refractivity contribution in [2.75, 3.05) is 0 Å². The van der Waals surface area contributed by atoms with Gasteiger partial charge >= 0.3 is 12.4 Å². The lowest BCUT2D eigenvalue weighted by Gasteiger charge is -2.16. The van der Waals surface area contributed by atoms with Gasteiger partial charge < -0.3 is 0 Å². The van der Waals surface area contributed by atoms with Gasteiger partial charge in [-0.1, -0.05) is 60.7 Å². The first-order chi connectivity index (χ1) is 12.2. The third kappa shape index (κ3) is 3.74. The van der Waals surface area contributed by atoms with Crippen molar-refractivity contribution in [1.29, 1.82) is 0 Å². The summed E-state index contributed by atoms with van der Waals surface area (Å²) in [6, 6.07) is 17.1. The summed E-state index contributed by atoms with van der Waals surface area (Å²) >= 11 is 0. The van der Waals surface area contributed by atoms with Crippen LogP contribution in [0.1, 0.15) is 11.1 Å². The monoisotopic (exact) mass is 366 g/mol. The summed E-state index contributed by atoms with van der Waals surface area (Å²) in [5.74, 6) is 0. The van der Waals surface area contributed by atoms with Crippen LogP contribution in [0.15, 0.2) is 72.8 Å². The molecule has 0 aliphatic rings. The van der Waals surface area contributed by atoms with Crippen LogP contribution in [-0.2, 0) is 12.4 Å². The van der Waals surface area contributed by atoms with Gasteiger partial charge in [-0.3, -0.25) is 0 Å². The Morgan fingerprint density at radius 1 is 0.500 bits per heavy atom. The average molecular weight is 366 g/mol. The van der Waals surface area contributed by atoms with E-state index < -0.39 is 23.5 Å². The molecule has 6 heteroatoms. The van der Waals surface area contributed by atoms with E-state index in [-0.39, 0.29) is 17.2 Å². The van der Waals surface area contributed by atoms with Gasteiger partial charge in [0.15, 0.2) is 0 Å². The molecule has 0 bridgehead atoms. The van der Waals surface area contributed by atoms with Crippen LogP contribution in [0.5, 0.6) is 0 Å². The van der Waals surface area contributed by atoms with E-state index in [1.807, 2.05) is 30.3 Å². The van der Waals surface area contributed by atoms with Gasteiger partial charge in [0.05, 0.1) is 11.1 Å². The summed E-state index contributed by atoms with van der Waals surface area (Å²) in [7, 11) is 0. The molecule has 0 unspecified atom stereocenters. The number of hydrogen-bond acceptors (Lipinski definition) is 0. The van der Waals surface area contributed by atoms with Gasteiger partial charge in [0.1, 0.15) is 0 Å². The van der Waals surface area contributed by atoms with Crippen molar-refractivity contribution in [3.8, 4) is 22.3 Å². The summed E-state index contributed by atoms with van der Waals surface area (Å²) in [4.78, 5) is 0. The molecule has 3 rings (SSSR count). The second-order valence-corrected chi connectivity index (χ2v) is 5.70. The first-order valence-electron chi connectivity index (χ1n) is 7.60. The lowest BCUT2D eigenvalue weighted by atomic mass is 9.95. The Kier molecular flexibility index (Phi) is 4.52. The lowest BCUT2D eigenvalue weighted by Crippen LogP contribution is -2.12. The highest BCUT2D eigenvalue weighted by molar-refractivity contribution is 5.73. The standard InChI is InChI=1S/C20H12F6/c21-19(22,23)16-10-11-17(18(12-16)20(24,25)26)15-8-6-14(7-9-15)13-4-2-1-3-5-13/h1-12H. The van der Waals surface area contributed by atoms with E-state index in [0.717, 1.165) is 17.2 Å². The Hall–Kier alpha value is -2.76. The van der Waals surface area contributed by atoms with E-state index in [2.05, 4.69) is 0 Å². The summed E-state index contributed by atoms with van der Waals surface area (Å²) in [6.07, 6.45) is -9.73. The summed E-state index contributed by atoms with van der Waals surface area (Å²) in [5, 5.41) is 0. The zero-order chi connectivity index (χ0) is 18.9. The average Bonchev–Trinajstić information content (AvgIpc) is 2.61. The number of benzene rings is 3. The highest BCUT2D eigenvalue weighted by Gasteiger charge is 2.38.